The molecule has 0 spiro atoms. The van der Waals surface area contributed by atoms with Gasteiger partial charge in [0.25, 0.3) is 11.7 Å². The smallest absolute Gasteiger partial charge is 0.295 e. The Morgan fingerprint density at radius 2 is 1.62 bits per heavy atom. The molecule has 1 atom stereocenters. The van der Waals surface area contributed by atoms with Crippen LogP contribution >= 0.6 is 0 Å². The normalized spacial score (nSPS) is 17.7. The molecule has 0 unspecified atom stereocenters. The Morgan fingerprint density at radius 1 is 1.00 bits per heavy atom. The molecule has 1 fully saturated rings. The van der Waals surface area contributed by atoms with E-state index in [1.165, 1.54) is 43.3 Å². The number of rotatable bonds is 11. The summed E-state index contributed by atoms with van der Waals surface area (Å²) in [5, 5.41) is 11.2. The van der Waals surface area contributed by atoms with Crippen molar-refractivity contribution in [1.29, 1.82) is 0 Å². The molecule has 10 heteroatoms. The summed E-state index contributed by atoms with van der Waals surface area (Å²) >= 11 is 0. The molecular formula is C27H35N3O6S. The molecule has 1 N–H and O–H groups in total. The monoisotopic (exact) mass is 529 g/mol. The van der Waals surface area contributed by atoms with Gasteiger partial charge in [-0.15, -0.1) is 0 Å². The van der Waals surface area contributed by atoms with Gasteiger partial charge in [-0.3, -0.25) is 9.59 Å². The largest absolute Gasteiger partial charge is 0.507 e. The van der Waals surface area contributed by atoms with Crippen LogP contribution in [0.5, 0.6) is 5.75 Å². The van der Waals surface area contributed by atoms with E-state index in [0.29, 0.717) is 30.9 Å². The van der Waals surface area contributed by atoms with Gasteiger partial charge in [0.2, 0.25) is 10.0 Å². The Kier molecular flexibility index (Phi) is 9.12. The first-order valence-electron chi connectivity index (χ1n) is 12.2. The third kappa shape index (κ3) is 6.20. The number of hydrogen-bond donors (Lipinski definition) is 1. The molecule has 0 aliphatic carbocycles. The van der Waals surface area contributed by atoms with Gasteiger partial charge in [-0.2, -0.15) is 0 Å². The van der Waals surface area contributed by atoms with Crippen LogP contribution in [0, 0.1) is 0 Å². The summed E-state index contributed by atoms with van der Waals surface area (Å²) < 4.78 is 31.6. The van der Waals surface area contributed by atoms with Gasteiger partial charge in [-0.05, 0) is 75.4 Å². The van der Waals surface area contributed by atoms with E-state index < -0.39 is 27.8 Å². The fourth-order valence-electron chi connectivity index (χ4n) is 4.13. The fourth-order valence-corrected chi connectivity index (χ4v) is 5.03. The number of carbonyl (C=O) groups excluding carboxylic acids is 2. The van der Waals surface area contributed by atoms with E-state index >= 15 is 0 Å². The Hall–Kier alpha value is -3.21. The van der Waals surface area contributed by atoms with Gasteiger partial charge >= 0.3 is 0 Å². The van der Waals surface area contributed by atoms with Gasteiger partial charge in [0.15, 0.2) is 0 Å². The number of aliphatic hydroxyl groups is 1. The molecule has 1 amide bonds. The van der Waals surface area contributed by atoms with Crippen molar-refractivity contribution < 1.29 is 27.9 Å². The van der Waals surface area contributed by atoms with Crippen LogP contribution in [-0.2, 0) is 19.6 Å². The number of ketones is 1. The summed E-state index contributed by atoms with van der Waals surface area (Å²) in [6, 6.07) is 12.0. The summed E-state index contributed by atoms with van der Waals surface area (Å²) in [5.41, 5.74) is 0.887. The highest BCUT2D eigenvalue weighted by atomic mass is 32.2. The highest BCUT2D eigenvalue weighted by Gasteiger charge is 2.45. The highest BCUT2D eigenvalue weighted by molar-refractivity contribution is 7.89. The lowest BCUT2D eigenvalue weighted by molar-refractivity contribution is -0.139. The van der Waals surface area contributed by atoms with Gasteiger partial charge in [-0.25, -0.2) is 12.7 Å². The molecule has 2 aromatic rings. The van der Waals surface area contributed by atoms with E-state index in [2.05, 4.69) is 0 Å². The molecule has 9 nitrogen and oxygen atoms in total. The summed E-state index contributed by atoms with van der Waals surface area (Å²) in [6.07, 6.45) is 1.51. The van der Waals surface area contributed by atoms with Gasteiger partial charge in [0, 0.05) is 26.2 Å². The second-order valence-corrected chi connectivity index (χ2v) is 11.5. The van der Waals surface area contributed by atoms with Gasteiger partial charge < -0.3 is 19.6 Å². The van der Waals surface area contributed by atoms with Crippen molar-refractivity contribution in [3.05, 3.63) is 65.2 Å². The number of nitrogens with zero attached hydrogens (tertiary/aromatic N) is 3. The molecule has 0 saturated carbocycles. The lowest BCUT2D eigenvalue weighted by atomic mass is 9.95. The first-order chi connectivity index (χ1) is 17.5. The third-order valence-corrected chi connectivity index (χ3v) is 7.95. The van der Waals surface area contributed by atoms with Crippen molar-refractivity contribution in [1.82, 2.24) is 14.1 Å². The molecule has 1 aliphatic rings. The summed E-state index contributed by atoms with van der Waals surface area (Å²) in [7, 11) is 3.06. The van der Waals surface area contributed by atoms with E-state index in [4.69, 9.17) is 4.74 Å². The van der Waals surface area contributed by atoms with E-state index in [-0.39, 0.29) is 21.8 Å². The summed E-state index contributed by atoms with van der Waals surface area (Å²) in [6.45, 7) is 3.64. The van der Waals surface area contributed by atoms with E-state index in [9.17, 15) is 23.1 Å². The average Bonchev–Trinajstić information content (AvgIpc) is 3.12. The number of hydrogen-bond acceptors (Lipinski definition) is 7. The van der Waals surface area contributed by atoms with Crippen LogP contribution in [0.15, 0.2) is 59.0 Å². The van der Waals surface area contributed by atoms with Crippen LogP contribution in [-0.4, -0.2) is 87.2 Å². The third-order valence-electron chi connectivity index (χ3n) is 6.12. The molecule has 0 radical (unpaired) electrons. The lowest BCUT2D eigenvalue weighted by Gasteiger charge is -2.26. The number of ether oxygens (including phenoxy) is 1. The number of carbonyl (C=O) groups is 2. The van der Waals surface area contributed by atoms with Gasteiger partial charge in [0.05, 0.1) is 23.1 Å². The highest BCUT2D eigenvalue weighted by Crippen LogP contribution is 2.40. The summed E-state index contributed by atoms with van der Waals surface area (Å²) in [4.78, 5) is 29.8. The molecule has 1 saturated heterocycles. The topological polar surface area (TPSA) is 107 Å². The number of aliphatic hydroxyl groups excluding tert-OH is 1. The number of Topliss-reactive ketones (excluding diaryl/α,β-unsaturated/α-hetero) is 1. The Labute approximate surface area is 219 Å². The van der Waals surface area contributed by atoms with E-state index in [1.807, 2.05) is 25.9 Å². The number of amides is 1. The quantitative estimate of drug-likeness (QED) is 0.271. The number of likely N-dealkylation sites (tertiary alicyclic amines) is 1. The second kappa shape index (κ2) is 11.9. The van der Waals surface area contributed by atoms with E-state index in [0.717, 1.165) is 17.3 Å². The molecule has 200 valence electrons. The minimum absolute atomic E-state index is 0.0275. The zero-order chi connectivity index (χ0) is 27.3. The Balaban J connectivity index is 2.05. The Morgan fingerprint density at radius 3 is 2.16 bits per heavy atom. The van der Waals surface area contributed by atoms with Crippen molar-refractivity contribution in [2.75, 3.05) is 47.9 Å². The first-order valence-corrected chi connectivity index (χ1v) is 13.6. The van der Waals surface area contributed by atoms with Crippen LogP contribution in [0.4, 0.5) is 0 Å². The molecular weight excluding hydrogens is 494 g/mol. The van der Waals surface area contributed by atoms with Crippen molar-refractivity contribution >= 4 is 27.5 Å². The molecule has 2 aromatic carbocycles. The van der Waals surface area contributed by atoms with E-state index in [1.54, 1.807) is 24.3 Å². The molecule has 37 heavy (non-hydrogen) atoms. The van der Waals surface area contributed by atoms with Gasteiger partial charge in [-0.1, -0.05) is 19.1 Å². The van der Waals surface area contributed by atoms with Crippen LogP contribution in [0.2, 0.25) is 0 Å². The zero-order valence-electron chi connectivity index (χ0n) is 22.0. The maximum atomic E-state index is 13.2. The SMILES string of the molecule is CCCOc1ccc([C@H]2C(=C(O)c3ccc(S(=O)(=O)N(C)C)cc3)C(=O)C(=O)N2CCCN(C)C)cc1. The zero-order valence-corrected chi connectivity index (χ0v) is 22.8. The second-order valence-electron chi connectivity index (χ2n) is 9.38. The first kappa shape index (κ1) is 28.4. The Bertz CT molecular complexity index is 1250. The molecule has 1 aliphatic heterocycles. The fraction of sp³-hybridized carbons (Fsp3) is 0.407. The van der Waals surface area contributed by atoms with Crippen LogP contribution < -0.4 is 4.74 Å². The van der Waals surface area contributed by atoms with Crippen molar-refractivity contribution in [2.45, 2.75) is 30.7 Å². The maximum absolute atomic E-state index is 13.2. The average molecular weight is 530 g/mol. The number of sulfonamides is 1. The van der Waals surface area contributed by atoms with Crippen molar-refractivity contribution in [2.24, 2.45) is 0 Å². The van der Waals surface area contributed by atoms with Crippen LogP contribution in [0.25, 0.3) is 5.76 Å². The minimum Gasteiger partial charge on any atom is -0.507 e. The standard InChI is InChI=1S/C27H35N3O6S/c1-6-18-36-21-12-8-19(9-13-21)24-23(26(32)27(33)30(24)17-7-16-28(2)3)25(31)20-10-14-22(15-11-20)37(34,35)29(4)5/h8-15,24,31H,6-7,16-18H2,1-5H3/t24-/m0/s1. The predicted molar refractivity (Wildman–Crippen MR) is 142 cm³/mol. The lowest BCUT2D eigenvalue weighted by Crippen LogP contribution is -2.32. The summed E-state index contributed by atoms with van der Waals surface area (Å²) in [5.74, 6) is -1.13. The molecule has 0 aromatic heterocycles. The number of benzene rings is 2. The maximum Gasteiger partial charge on any atom is 0.295 e. The molecule has 3 rings (SSSR count). The van der Waals surface area contributed by atoms with Crippen molar-refractivity contribution in [3.63, 3.8) is 0 Å². The molecule has 1 heterocycles. The predicted octanol–water partition coefficient (Wildman–Crippen LogP) is 3.10. The van der Waals surface area contributed by atoms with Crippen molar-refractivity contribution in [3.8, 4) is 5.75 Å². The van der Waals surface area contributed by atoms with Gasteiger partial charge in [0.1, 0.15) is 11.5 Å². The molecule has 0 bridgehead atoms. The van der Waals surface area contributed by atoms with Crippen LogP contribution in [0.1, 0.15) is 36.9 Å². The minimum atomic E-state index is -3.66. The van der Waals surface area contributed by atoms with Crippen LogP contribution in [0.3, 0.4) is 0 Å².